The molecule has 1 N–H and O–H groups in total. The van der Waals surface area contributed by atoms with E-state index in [1.54, 1.807) is 18.2 Å². The van der Waals surface area contributed by atoms with Crippen molar-refractivity contribution in [2.45, 2.75) is 5.03 Å². The van der Waals surface area contributed by atoms with Crippen LogP contribution in [0.15, 0.2) is 35.5 Å². The number of hydrogen-bond acceptors (Lipinski definition) is 3. The average Bonchev–Trinajstić information content (AvgIpc) is 2.58. The summed E-state index contributed by atoms with van der Waals surface area (Å²) in [7, 11) is -2.21. The van der Waals surface area contributed by atoms with E-state index in [1.165, 1.54) is 17.9 Å². The van der Waals surface area contributed by atoms with Gasteiger partial charge in [0.1, 0.15) is 0 Å². The Labute approximate surface area is 123 Å². The summed E-state index contributed by atoms with van der Waals surface area (Å²) in [6.07, 6.45) is 1.30. The van der Waals surface area contributed by atoms with Crippen molar-refractivity contribution in [2.24, 2.45) is 7.05 Å². The molecule has 2 rings (SSSR count). The summed E-state index contributed by atoms with van der Waals surface area (Å²) in [4.78, 5) is 0. The second kappa shape index (κ2) is 5.06. The quantitative estimate of drug-likeness (QED) is 0.809. The number of aromatic nitrogens is 2. The molecule has 0 fully saturated rings. The number of hydrogen-bond donors (Lipinski definition) is 1. The summed E-state index contributed by atoms with van der Waals surface area (Å²) in [5.41, 5.74) is 0.485. The molecule has 0 aliphatic heterocycles. The summed E-state index contributed by atoms with van der Waals surface area (Å²) in [5, 5.41) is 3.85. The van der Waals surface area contributed by atoms with Gasteiger partial charge in [0.2, 0.25) is 0 Å². The Morgan fingerprint density at radius 3 is 2.72 bits per heavy atom. The second-order valence-corrected chi connectivity index (χ2v) is 6.79. The Hall–Kier alpha value is -0.800. The molecule has 0 saturated carbocycles. The topological polar surface area (TPSA) is 64.0 Å². The zero-order chi connectivity index (χ0) is 13.3. The van der Waals surface area contributed by atoms with E-state index in [2.05, 4.69) is 32.4 Å². The van der Waals surface area contributed by atoms with Gasteiger partial charge in [-0.15, -0.1) is 0 Å². The zero-order valence-corrected chi connectivity index (χ0v) is 13.0. The third-order valence-corrected chi connectivity index (χ3v) is 4.73. The summed E-state index contributed by atoms with van der Waals surface area (Å²) >= 11 is 7.93. The molecule has 0 radical (unpaired) electrons. The van der Waals surface area contributed by atoms with Crippen LogP contribution in [0.1, 0.15) is 0 Å². The highest BCUT2D eigenvalue weighted by Gasteiger charge is 2.22. The van der Waals surface area contributed by atoms with Gasteiger partial charge < -0.3 is 0 Å². The van der Waals surface area contributed by atoms with Crippen LogP contribution in [-0.2, 0) is 17.1 Å². The summed E-state index contributed by atoms with van der Waals surface area (Å²) in [6, 6.07) is 7.03. The maximum absolute atomic E-state index is 12.2. The molecular weight excluding hydrogens is 389 g/mol. The molecule has 0 bridgehead atoms. The SMILES string of the molecule is Cn1ncc(Cl)c1S(=O)(=O)Nc1cccc(I)c1. The van der Waals surface area contributed by atoms with Gasteiger partial charge in [0.15, 0.2) is 5.03 Å². The largest absolute Gasteiger partial charge is 0.280 e. The van der Waals surface area contributed by atoms with Crippen LogP contribution in [0.25, 0.3) is 0 Å². The van der Waals surface area contributed by atoms with Crippen LogP contribution in [0.2, 0.25) is 5.02 Å². The minimum atomic E-state index is -3.73. The van der Waals surface area contributed by atoms with Gasteiger partial charge in [-0.1, -0.05) is 17.7 Å². The molecule has 1 aromatic heterocycles. The van der Waals surface area contributed by atoms with Crippen molar-refractivity contribution in [1.29, 1.82) is 0 Å². The lowest BCUT2D eigenvalue weighted by Crippen LogP contribution is -2.17. The number of rotatable bonds is 3. The molecule has 2 aromatic rings. The maximum Gasteiger partial charge on any atom is 0.280 e. The number of aryl methyl sites for hydroxylation is 1. The first kappa shape index (κ1) is 13.6. The van der Waals surface area contributed by atoms with Gasteiger partial charge in [-0.3, -0.25) is 9.40 Å². The van der Waals surface area contributed by atoms with E-state index in [4.69, 9.17) is 11.6 Å². The van der Waals surface area contributed by atoms with E-state index in [0.29, 0.717) is 5.69 Å². The maximum atomic E-state index is 12.2. The first-order valence-corrected chi connectivity index (χ1v) is 7.80. The number of sulfonamides is 1. The van der Waals surface area contributed by atoms with Crippen molar-refractivity contribution < 1.29 is 8.42 Å². The minimum absolute atomic E-state index is 0.0528. The molecule has 0 spiro atoms. The Kier molecular flexibility index (Phi) is 3.83. The molecule has 1 aromatic carbocycles. The van der Waals surface area contributed by atoms with Gasteiger partial charge in [-0.2, -0.15) is 13.5 Å². The third-order valence-electron chi connectivity index (χ3n) is 2.17. The molecule has 0 amide bonds. The number of benzene rings is 1. The van der Waals surface area contributed by atoms with Gasteiger partial charge in [0.05, 0.1) is 11.2 Å². The number of halogens is 2. The monoisotopic (exact) mass is 397 g/mol. The van der Waals surface area contributed by atoms with Crippen molar-refractivity contribution in [3.8, 4) is 0 Å². The highest BCUT2D eigenvalue weighted by Crippen LogP contribution is 2.23. The average molecular weight is 398 g/mol. The standard InChI is InChI=1S/C10H9ClIN3O2S/c1-15-10(9(11)6-13-15)18(16,17)14-8-4-2-3-7(12)5-8/h2-6,14H,1H3. The first-order valence-electron chi connectivity index (χ1n) is 4.86. The zero-order valence-electron chi connectivity index (χ0n) is 9.26. The van der Waals surface area contributed by atoms with Gasteiger partial charge in [0, 0.05) is 16.3 Å². The van der Waals surface area contributed by atoms with Crippen LogP contribution in [0.4, 0.5) is 5.69 Å². The number of nitrogens with one attached hydrogen (secondary N) is 1. The fourth-order valence-corrected chi connectivity index (χ4v) is 3.71. The molecule has 0 unspecified atom stereocenters. The molecule has 8 heteroatoms. The van der Waals surface area contributed by atoms with E-state index in [1.807, 2.05) is 6.07 Å². The van der Waals surface area contributed by atoms with Gasteiger partial charge in [0.25, 0.3) is 10.0 Å². The van der Waals surface area contributed by atoms with Crippen LogP contribution in [-0.4, -0.2) is 18.2 Å². The third kappa shape index (κ3) is 2.78. The normalized spacial score (nSPS) is 11.5. The molecule has 0 aliphatic carbocycles. The number of nitrogens with zero attached hydrogens (tertiary/aromatic N) is 2. The smallest absolute Gasteiger partial charge is 0.278 e. The molecule has 0 saturated heterocycles. The molecule has 0 aliphatic rings. The highest BCUT2D eigenvalue weighted by molar-refractivity contribution is 14.1. The Morgan fingerprint density at radius 2 is 2.17 bits per heavy atom. The predicted molar refractivity (Wildman–Crippen MR) is 78.2 cm³/mol. The van der Waals surface area contributed by atoms with E-state index >= 15 is 0 Å². The van der Waals surface area contributed by atoms with E-state index < -0.39 is 10.0 Å². The Bertz CT molecular complexity index is 665. The summed E-state index contributed by atoms with van der Waals surface area (Å²) in [5.74, 6) is 0. The van der Waals surface area contributed by atoms with Crippen molar-refractivity contribution in [3.05, 3.63) is 39.1 Å². The van der Waals surface area contributed by atoms with Gasteiger partial charge in [-0.25, -0.2) is 0 Å². The Balaban J connectivity index is 2.39. The van der Waals surface area contributed by atoms with E-state index in [9.17, 15) is 8.42 Å². The van der Waals surface area contributed by atoms with Crippen molar-refractivity contribution >= 4 is 49.9 Å². The van der Waals surface area contributed by atoms with Crippen LogP contribution in [0.3, 0.4) is 0 Å². The fraction of sp³-hybridized carbons (Fsp3) is 0.100. The summed E-state index contributed by atoms with van der Waals surface area (Å²) in [6.45, 7) is 0. The molecule has 96 valence electrons. The van der Waals surface area contributed by atoms with Crippen LogP contribution in [0, 0.1) is 3.57 Å². The highest BCUT2D eigenvalue weighted by atomic mass is 127. The van der Waals surface area contributed by atoms with Crippen molar-refractivity contribution in [3.63, 3.8) is 0 Å². The summed E-state index contributed by atoms with van der Waals surface area (Å²) < 4.78 is 28.9. The molecule has 1 heterocycles. The van der Waals surface area contributed by atoms with Crippen molar-refractivity contribution in [2.75, 3.05) is 4.72 Å². The molecular formula is C10H9ClIN3O2S. The van der Waals surface area contributed by atoms with E-state index in [-0.39, 0.29) is 10.0 Å². The van der Waals surface area contributed by atoms with Crippen LogP contribution < -0.4 is 4.72 Å². The van der Waals surface area contributed by atoms with Crippen LogP contribution >= 0.6 is 34.2 Å². The second-order valence-electron chi connectivity index (χ2n) is 3.54. The lowest BCUT2D eigenvalue weighted by atomic mass is 10.3. The van der Waals surface area contributed by atoms with Crippen molar-refractivity contribution in [1.82, 2.24) is 9.78 Å². The lowest BCUT2D eigenvalue weighted by Gasteiger charge is -2.08. The van der Waals surface area contributed by atoms with Gasteiger partial charge in [-0.05, 0) is 40.8 Å². The van der Waals surface area contributed by atoms with E-state index in [0.717, 1.165) is 3.57 Å². The fourth-order valence-electron chi connectivity index (χ4n) is 1.46. The lowest BCUT2D eigenvalue weighted by molar-refractivity contribution is 0.582. The molecule has 5 nitrogen and oxygen atoms in total. The van der Waals surface area contributed by atoms with Gasteiger partial charge >= 0.3 is 0 Å². The van der Waals surface area contributed by atoms with Crippen LogP contribution in [0.5, 0.6) is 0 Å². The molecule has 0 atom stereocenters. The predicted octanol–water partition coefficient (Wildman–Crippen LogP) is 2.48. The first-order chi connectivity index (χ1) is 8.40. The number of anilines is 1. The molecule has 18 heavy (non-hydrogen) atoms. The minimum Gasteiger partial charge on any atom is -0.278 e. The Morgan fingerprint density at radius 1 is 1.44 bits per heavy atom.